The molecule has 0 amide bonds. The number of carbonyl (C=O) groups excluding carboxylic acids is 1. The SMILES string of the molecule is C.CC(C)(C)S(N)=O.CCCC=NS(=O)C(C)(C)C.CCCC=O. The number of aldehydes is 1. The highest BCUT2D eigenvalue weighted by Gasteiger charge is 2.17. The van der Waals surface area contributed by atoms with Crippen LogP contribution in [0.5, 0.6) is 0 Å². The minimum Gasteiger partial charge on any atom is -0.303 e. The van der Waals surface area contributed by atoms with Gasteiger partial charge < -0.3 is 4.79 Å². The quantitative estimate of drug-likeness (QED) is 0.564. The van der Waals surface area contributed by atoms with Gasteiger partial charge in [-0.2, -0.15) is 4.40 Å². The van der Waals surface area contributed by atoms with Crippen LogP contribution in [0.4, 0.5) is 0 Å². The number of nitrogens with zero attached hydrogens (tertiary/aromatic N) is 1. The lowest BCUT2D eigenvalue weighted by molar-refractivity contribution is -0.107. The molecule has 0 bridgehead atoms. The van der Waals surface area contributed by atoms with E-state index in [1.165, 1.54) is 0 Å². The molecule has 2 unspecified atom stereocenters. The first-order valence-electron chi connectivity index (χ1n) is 7.88. The van der Waals surface area contributed by atoms with Crippen molar-refractivity contribution in [2.45, 2.75) is 98.0 Å². The third-order valence-corrected chi connectivity index (χ3v) is 4.72. The zero-order valence-electron chi connectivity index (χ0n) is 16.0. The normalized spacial score (nSPS) is 13.5. The Bertz CT molecular complexity index is 371. The fraction of sp³-hybridized carbons (Fsp3) is 0.882. The van der Waals surface area contributed by atoms with Crippen molar-refractivity contribution >= 4 is 34.5 Å². The first kappa shape index (κ1) is 31.4. The maximum absolute atomic E-state index is 11.3. The zero-order chi connectivity index (χ0) is 19.1. The van der Waals surface area contributed by atoms with Gasteiger partial charge in [0.05, 0.1) is 20.5 Å². The molecule has 0 fully saturated rings. The average Bonchev–Trinajstić information content (AvgIpc) is 2.39. The molecule has 0 saturated heterocycles. The molecule has 2 N–H and O–H groups in total. The lowest BCUT2D eigenvalue weighted by atomic mass is 10.3. The maximum Gasteiger partial charge on any atom is 0.144 e. The van der Waals surface area contributed by atoms with E-state index in [4.69, 9.17) is 5.14 Å². The van der Waals surface area contributed by atoms with Gasteiger partial charge >= 0.3 is 0 Å². The van der Waals surface area contributed by atoms with E-state index in [2.05, 4.69) is 11.3 Å². The van der Waals surface area contributed by atoms with Crippen LogP contribution >= 0.6 is 0 Å². The Labute approximate surface area is 155 Å². The van der Waals surface area contributed by atoms with Gasteiger partial charge in [0.15, 0.2) is 0 Å². The molecule has 2 atom stereocenters. The second kappa shape index (κ2) is 17.4. The van der Waals surface area contributed by atoms with E-state index in [9.17, 15) is 13.2 Å². The Morgan fingerprint density at radius 3 is 1.46 bits per heavy atom. The summed E-state index contributed by atoms with van der Waals surface area (Å²) >= 11 is 0. The number of hydrogen-bond donors (Lipinski definition) is 1. The van der Waals surface area contributed by atoms with E-state index < -0.39 is 22.0 Å². The van der Waals surface area contributed by atoms with Crippen LogP contribution < -0.4 is 5.14 Å². The van der Waals surface area contributed by atoms with Gasteiger partial charge in [0, 0.05) is 12.6 Å². The van der Waals surface area contributed by atoms with E-state index in [0.29, 0.717) is 6.42 Å². The molecule has 0 spiro atoms. The number of hydrogen-bond acceptors (Lipinski definition) is 3. The molecule has 5 nitrogen and oxygen atoms in total. The molecule has 0 aromatic heterocycles. The highest BCUT2D eigenvalue weighted by molar-refractivity contribution is 7.85. The van der Waals surface area contributed by atoms with Crippen molar-refractivity contribution in [3.63, 3.8) is 0 Å². The molecule has 0 heterocycles. The molecular formula is C17H40N2O3S2. The summed E-state index contributed by atoms with van der Waals surface area (Å²) in [7, 11) is -2.25. The first-order chi connectivity index (χ1) is 10.3. The predicted molar refractivity (Wildman–Crippen MR) is 111 cm³/mol. The Morgan fingerprint density at radius 1 is 0.917 bits per heavy atom. The summed E-state index contributed by atoms with van der Waals surface area (Å²) < 4.78 is 25.1. The Kier molecular flexibility index (Phi) is 22.8. The molecule has 0 aromatic rings. The van der Waals surface area contributed by atoms with Gasteiger partial charge in [-0.3, -0.25) is 5.14 Å². The molecule has 0 aromatic carbocycles. The van der Waals surface area contributed by atoms with Crippen LogP contribution in [0.15, 0.2) is 4.40 Å². The fourth-order valence-corrected chi connectivity index (χ4v) is 1.08. The zero-order valence-corrected chi connectivity index (χ0v) is 17.7. The van der Waals surface area contributed by atoms with E-state index in [1.807, 2.05) is 48.5 Å². The van der Waals surface area contributed by atoms with Crippen molar-refractivity contribution in [3.8, 4) is 0 Å². The highest BCUT2D eigenvalue weighted by atomic mass is 32.2. The monoisotopic (exact) mass is 384 g/mol. The van der Waals surface area contributed by atoms with E-state index in [1.54, 1.807) is 6.21 Å². The molecule has 0 aliphatic heterocycles. The topological polar surface area (TPSA) is 89.6 Å². The Balaban J connectivity index is -0.000000133. The van der Waals surface area contributed by atoms with Crippen LogP contribution in [0.2, 0.25) is 0 Å². The summed E-state index contributed by atoms with van der Waals surface area (Å²) in [6.07, 6.45) is 6.34. The van der Waals surface area contributed by atoms with E-state index in [-0.39, 0.29) is 16.9 Å². The maximum atomic E-state index is 11.3. The predicted octanol–water partition coefficient (Wildman–Crippen LogP) is 4.35. The van der Waals surface area contributed by atoms with Crippen LogP contribution in [0.1, 0.15) is 88.5 Å². The highest BCUT2D eigenvalue weighted by Crippen LogP contribution is 2.11. The summed E-state index contributed by atoms with van der Waals surface area (Å²) in [5.74, 6) is 0. The van der Waals surface area contributed by atoms with Gasteiger partial charge in [-0.15, -0.1) is 0 Å². The van der Waals surface area contributed by atoms with E-state index in [0.717, 1.165) is 25.5 Å². The van der Waals surface area contributed by atoms with Gasteiger partial charge in [0.25, 0.3) is 0 Å². The molecule has 0 saturated carbocycles. The van der Waals surface area contributed by atoms with Crippen LogP contribution in [-0.4, -0.2) is 30.4 Å². The minimum absolute atomic E-state index is 0. The number of nitrogens with two attached hydrogens (primary N) is 1. The van der Waals surface area contributed by atoms with E-state index >= 15 is 0 Å². The van der Waals surface area contributed by atoms with Crippen LogP contribution in [0, 0.1) is 0 Å². The van der Waals surface area contributed by atoms with Crippen molar-refractivity contribution in [1.29, 1.82) is 0 Å². The number of carbonyl (C=O) groups is 1. The molecule has 0 rings (SSSR count). The lowest BCUT2D eigenvalue weighted by Gasteiger charge is -2.12. The first-order valence-corrected chi connectivity index (χ1v) is 10.2. The van der Waals surface area contributed by atoms with Crippen molar-refractivity contribution < 1.29 is 13.2 Å². The second-order valence-corrected chi connectivity index (χ2v) is 10.6. The van der Waals surface area contributed by atoms with Crippen LogP contribution in [0.3, 0.4) is 0 Å². The van der Waals surface area contributed by atoms with Gasteiger partial charge in [-0.1, -0.05) is 27.7 Å². The Morgan fingerprint density at radius 2 is 1.29 bits per heavy atom. The van der Waals surface area contributed by atoms with Gasteiger partial charge in [0.1, 0.15) is 17.3 Å². The summed E-state index contributed by atoms with van der Waals surface area (Å²) in [5.41, 5.74) is 0. The second-order valence-electron chi connectivity index (χ2n) is 6.80. The molecular weight excluding hydrogens is 344 g/mol. The molecule has 24 heavy (non-hydrogen) atoms. The average molecular weight is 385 g/mol. The third-order valence-electron chi connectivity index (χ3n) is 2.12. The lowest BCUT2D eigenvalue weighted by Crippen LogP contribution is -2.27. The Hall–Kier alpha value is -0.400. The molecule has 148 valence electrons. The fourth-order valence-electron chi connectivity index (χ4n) is 0.525. The van der Waals surface area contributed by atoms with Crippen molar-refractivity contribution in [1.82, 2.24) is 0 Å². The summed E-state index contributed by atoms with van der Waals surface area (Å²) in [6.45, 7) is 15.3. The van der Waals surface area contributed by atoms with Gasteiger partial charge in [0.2, 0.25) is 0 Å². The minimum atomic E-state index is -1.18. The molecule has 0 aliphatic rings. The van der Waals surface area contributed by atoms with Crippen molar-refractivity contribution in [2.75, 3.05) is 0 Å². The third kappa shape index (κ3) is 26.5. The smallest absolute Gasteiger partial charge is 0.144 e. The summed E-state index contributed by atoms with van der Waals surface area (Å²) in [5, 5.41) is 5.04. The number of rotatable bonds is 5. The largest absolute Gasteiger partial charge is 0.303 e. The van der Waals surface area contributed by atoms with Crippen LogP contribution in [0.25, 0.3) is 0 Å². The summed E-state index contributed by atoms with van der Waals surface area (Å²) in [6, 6.07) is 0. The number of unbranched alkanes of at least 4 members (excludes halogenated alkanes) is 2. The van der Waals surface area contributed by atoms with Crippen LogP contribution in [-0.2, 0) is 26.8 Å². The van der Waals surface area contributed by atoms with Gasteiger partial charge in [-0.05, 0) is 54.4 Å². The molecule has 0 radical (unpaired) electrons. The van der Waals surface area contributed by atoms with Gasteiger partial charge in [-0.25, -0.2) is 8.42 Å². The van der Waals surface area contributed by atoms with Crippen molar-refractivity contribution in [2.24, 2.45) is 9.54 Å². The standard InChI is InChI=1S/C8H17NOS.C4H11NOS.C4H8O.CH4/c1-5-6-7-9-11(10)8(2,3)4;1-4(2,3)7(5)6;1-2-3-4-5;/h7H,5-6H2,1-4H3;5H2,1-3H3;4H,2-3H2,1H3;1H4. The summed E-state index contributed by atoms with van der Waals surface area (Å²) in [4.78, 5) is 9.40. The molecule has 0 aliphatic carbocycles. The molecule has 7 heteroatoms. The van der Waals surface area contributed by atoms with Crippen molar-refractivity contribution in [3.05, 3.63) is 0 Å².